The Bertz CT molecular complexity index is 321. The first kappa shape index (κ1) is 14.2. The summed E-state index contributed by atoms with van der Waals surface area (Å²) in [6, 6.07) is -0.495. The number of likely N-dealkylation sites (tertiary alicyclic amines) is 2. The predicted molar refractivity (Wildman–Crippen MR) is 73.8 cm³/mol. The average molecular weight is 267 g/mol. The molecule has 2 aliphatic rings. The van der Waals surface area contributed by atoms with Crippen molar-refractivity contribution >= 4 is 11.9 Å². The molecule has 5 heteroatoms. The molecule has 2 heterocycles. The summed E-state index contributed by atoms with van der Waals surface area (Å²) >= 11 is 0. The second-order valence-electron chi connectivity index (χ2n) is 5.60. The van der Waals surface area contributed by atoms with Gasteiger partial charge in [0.05, 0.1) is 0 Å². The zero-order valence-corrected chi connectivity index (χ0v) is 11.9. The van der Waals surface area contributed by atoms with E-state index in [1.54, 1.807) is 6.92 Å². The summed E-state index contributed by atoms with van der Waals surface area (Å²) in [5.41, 5.74) is 0. The van der Waals surface area contributed by atoms with Gasteiger partial charge < -0.3 is 15.1 Å². The first-order valence-corrected chi connectivity index (χ1v) is 7.53. The molecular weight excluding hydrogens is 242 g/mol. The Hall–Kier alpha value is -1.26. The molecule has 19 heavy (non-hydrogen) atoms. The standard InChI is InChI=1S/C14H25N3O2/c1-12(13(18)16-8-4-2-5-9-16)15-14(19)17-10-6-3-7-11-17/h12H,2-11H2,1H3,(H,15,19). The molecular formula is C14H25N3O2. The molecule has 1 N–H and O–H groups in total. The highest BCUT2D eigenvalue weighted by molar-refractivity contribution is 5.86. The lowest BCUT2D eigenvalue weighted by molar-refractivity contribution is -0.133. The van der Waals surface area contributed by atoms with Gasteiger partial charge in [-0.25, -0.2) is 4.79 Å². The van der Waals surface area contributed by atoms with Crippen LogP contribution in [0.2, 0.25) is 0 Å². The van der Waals surface area contributed by atoms with E-state index >= 15 is 0 Å². The zero-order valence-electron chi connectivity index (χ0n) is 11.9. The maximum absolute atomic E-state index is 12.2. The highest BCUT2D eigenvalue weighted by Gasteiger charge is 2.25. The molecule has 2 aliphatic heterocycles. The third-order valence-corrected chi connectivity index (χ3v) is 4.02. The number of nitrogens with one attached hydrogen (secondary N) is 1. The number of rotatable bonds is 2. The first-order valence-electron chi connectivity index (χ1n) is 7.53. The summed E-state index contributed by atoms with van der Waals surface area (Å²) in [5.74, 6) is 0.0602. The summed E-state index contributed by atoms with van der Waals surface area (Å²) in [6.07, 6.45) is 6.71. The largest absolute Gasteiger partial charge is 0.341 e. The minimum absolute atomic E-state index is 0.0602. The monoisotopic (exact) mass is 267 g/mol. The van der Waals surface area contributed by atoms with Gasteiger partial charge in [0.1, 0.15) is 6.04 Å². The molecule has 108 valence electrons. The van der Waals surface area contributed by atoms with Gasteiger partial charge in [-0.05, 0) is 45.4 Å². The Morgan fingerprint density at radius 3 is 1.84 bits per heavy atom. The molecule has 2 rings (SSSR count). The maximum Gasteiger partial charge on any atom is 0.318 e. The number of piperidine rings is 2. The van der Waals surface area contributed by atoms with E-state index in [4.69, 9.17) is 0 Å². The van der Waals surface area contributed by atoms with Crippen LogP contribution in [0, 0.1) is 0 Å². The SMILES string of the molecule is CC(NC(=O)N1CCCCC1)C(=O)N1CCCCC1. The van der Waals surface area contributed by atoms with Gasteiger partial charge in [0.25, 0.3) is 0 Å². The van der Waals surface area contributed by atoms with Crippen molar-refractivity contribution in [3.8, 4) is 0 Å². The number of carbonyl (C=O) groups is 2. The van der Waals surface area contributed by atoms with Crippen LogP contribution in [0.25, 0.3) is 0 Å². The minimum Gasteiger partial charge on any atom is -0.341 e. The van der Waals surface area contributed by atoms with E-state index < -0.39 is 6.04 Å². The minimum atomic E-state index is -0.410. The Kier molecular flexibility index (Phi) is 5.05. The van der Waals surface area contributed by atoms with E-state index in [1.807, 2.05) is 9.80 Å². The molecule has 0 spiro atoms. The zero-order chi connectivity index (χ0) is 13.7. The van der Waals surface area contributed by atoms with E-state index in [0.29, 0.717) is 0 Å². The summed E-state index contributed by atoms with van der Waals surface area (Å²) in [5, 5.41) is 2.84. The Morgan fingerprint density at radius 2 is 1.32 bits per heavy atom. The van der Waals surface area contributed by atoms with Gasteiger partial charge in [-0.3, -0.25) is 4.79 Å². The smallest absolute Gasteiger partial charge is 0.318 e. The Morgan fingerprint density at radius 1 is 0.842 bits per heavy atom. The highest BCUT2D eigenvalue weighted by Crippen LogP contribution is 2.11. The van der Waals surface area contributed by atoms with E-state index in [2.05, 4.69) is 5.32 Å². The molecule has 2 saturated heterocycles. The highest BCUT2D eigenvalue weighted by atomic mass is 16.2. The van der Waals surface area contributed by atoms with Gasteiger partial charge in [-0.15, -0.1) is 0 Å². The summed E-state index contributed by atoms with van der Waals surface area (Å²) < 4.78 is 0. The van der Waals surface area contributed by atoms with E-state index in [1.165, 1.54) is 12.8 Å². The first-order chi connectivity index (χ1) is 9.18. The normalized spacial score (nSPS) is 21.9. The third kappa shape index (κ3) is 3.85. The van der Waals surface area contributed by atoms with Crippen molar-refractivity contribution in [2.24, 2.45) is 0 Å². The lowest BCUT2D eigenvalue weighted by atomic mass is 10.1. The number of nitrogens with zero attached hydrogens (tertiary/aromatic N) is 2. The van der Waals surface area contributed by atoms with Crippen LogP contribution in [-0.2, 0) is 4.79 Å². The second-order valence-corrected chi connectivity index (χ2v) is 5.60. The lowest BCUT2D eigenvalue weighted by Gasteiger charge is -2.31. The molecule has 1 unspecified atom stereocenters. The van der Waals surface area contributed by atoms with Crippen LogP contribution >= 0.6 is 0 Å². The van der Waals surface area contributed by atoms with E-state index in [0.717, 1.165) is 51.9 Å². The summed E-state index contributed by atoms with van der Waals surface area (Å²) in [7, 11) is 0. The molecule has 0 aliphatic carbocycles. The summed E-state index contributed by atoms with van der Waals surface area (Å²) in [4.78, 5) is 28.0. The molecule has 3 amide bonds. The van der Waals surface area contributed by atoms with Gasteiger partial charge in [0, 0.05) is 26.2 Å². The van der Waals surface area contributed by atoms with Gasteiger partial charge >= 0.3 is 6.03 Å². The second kappa shape index (κ2) is 6.78. The number of urea groups is 1. The van der Waals surface area contributed by atoms with E-state index in [9.17, 15) is 9.59 Å². The van der Waals surface area contributed by atoms with Crippen LogP contribution in [0.15, 0.2) is 0 Å². The quantitative estimate of drug-likeness (QED) is 0.826. The van der Waals surface area contributed by atoms with Gasteiger partial charge in [0.2, 0.25) is 5.91 Å². The molecule has 0 aromatic carbocycles. The Balaban J connectivity index is 1.80. The van der Waals surface area contributed by atoms with Crippen molar-refractivity contribution in [1.29, 1.82) is 0 Å². The van der Waals surface area contributed by atoms with Crippen LogP contribution < -0.4 is 5.32 Å². The van der Waals surface area contributed by atoms with Gasteiger partial charge in [-0.2, -0.15) is 0 Å². The topological polar surface area (TPSA) is 52.7 Å². The van der Waals surface area contributed by atoms with Gasteiger partial charge in [0.15, 0.2) is 0 Å². The fourth-order valence-electron chi connectivity index (χ4n) is 2.82. The van der Waals surface area contributed by atoms with E-state index in [-0.39, 0.29) is 11.9 Å². The molecule has 0 saturated carbocycles. The van der Waals surface area contributed by atoms with Crippen LogP contribution in [-0.4, -0.2) is 54.0 Å². The molecule has 5 nitrogen and oxygen atoms in total. The molecule has 0 radical (unpaired) electrons. The lowest BCUT2D eigenvalue weighted by Crippen LogP contribution is -2.52. The van der Waals surface area contributed by atoms with Crippen molar-refractivity contribution < 1.29 is 9.59 Å². The molecule has 0 aromatic heterocycles. The molecule has 2 fully saturated rings. The van der Waals surface area contributed by atoms with Gasteiger partial charge in [-0.1, -0.05) is 0 Å². The average Bonchev–Trinajstić information content (AvgIpc) is 2.48. The van der Waals surface area contributed by atoms with Crippen molar-refractivity contribution in [1.82, 2.24) is 15.1 Å². The maximum atomic E-state index is 12.2. The third-order valence-electron chi connectivity index (χ3n) is 4.02. The molecule has 0 bridgehead atoms. The van der Waals surface area contributed by atoms with Crippen molar-refractivity contribution in [3.63, 3.8) is 0 Å². The summed E-state index contributed by atoms with van der Waals surface area (Å²) in [6.45, 7) is 5.09. The van der Waals surface area contributed by atoms with Crippen molar-refractivity contribution in [2.45, 2.75) is 51.5 Å². The van der Waals surface area contributed by atoms with Crippen LogP contribution in [0.1, 0.15) is 45.4 Å². The van der Waals surface area contributed by atoms with Crippen LogP contribution in [0.5, 0.6) is 0 Å². The molecule has 1 atom stereocenters. The van der Waals surface area contributed by atoms with Crippen molar-refractivity contribution in [3.05, 3.63) is 0 Å². The van der Waals surface area contributed by atoms with Crippen molar-refractivity contribution in [2.75, 3.05) is 26.2 Å². The number of amides is 3. The fourth-order valence-corrected chi connectivity index (χ4v) is 2.82. The molecule has 0 aromatic rings. The number of hydrogen-bond donors (Lipinski definition) is 1. The fraction of sp³-hybridized carbons (Fsp3) is 0.857. The Labute approximate surface area is 115 Å². The number of carbonyl (C=O) groups excluding carboxylic acids is 2. The van der Waals surface area contributed by atoms with Crippen LogP contribution in [0.4, 0.5) is 4.79 Å². The predicted octanol–water partition coefficient (Wildman–Crippen LogP) is 1.58. The number of hydrogen-bond acceptors (Lipinski definition) is 2. The van der Waals surface area contributed by atoms with Crippen LogP contribution in [0.3, 0.4) is 0 Å².